The molecular formula is C24H27N5. The van der Waals surface area contributed by atoms with Crippen molar-refractivity contribution in [2.24, 2.45) is 17.1 Å². The molecule has 3 rings (SSSR count). The second kappa shape index (κ2) is 7.75. The molecule has 0 unspecified atom stereocenters. The Morgan fingerprint density at radius 3 is 2.17 bits per heavy atom. The van der Waals surface area contributed by atoms with Crippen LogP contribution in [0.2, 0.25) is 0 Å². The maximum Gasteiger partial charge on any atom is 0.191 e. The minimum atomic E-state index is -1.56. The van der Waals surface area contributed by atoms with Crippen LogP contribution in [0.1, 0.15) is 50.7 Å². The SMILES string of the molecule is CC(C)c1ccc([C@H]2[C@@H]3CN(C(C)C)CC=C3C(C#N)=C(N)C2(C#N)C#N)cc1. The summed E-state index contributed by atoms with van der Waals surface area (Å²) in [4.78, 5) is 2.31. The van der Waals surface area contributed by atoms with Crippen molar-refractivity contribution < 1.29 is 0 Å². The molecule has 0 fully saturated rings. The highest BCUT2D eigenvalue weighted by atomic mass is 15.2. The van der Waals surface area contributed by atoms with E-state index in [4.69, 9.17) is 5.73 Å². The number of nitrogens with two attached hydrogens (primary N) is 1. The second-order valence-corrected chi connectivity index (χ2v) is 8.54. The molecule has 1 heterocycles. The summed E-state index contributed by atoms with van der Waals surface area (Å²) >= 11 is 0. The first-order valence-electron chi connectivity index (χ1n) is 10.1. The van der Waals surface area contributed by atoms with Crippen LogP contribution in [0.5, 0.6) is 0 Å². The molecular weight excluding hydrogens is 358 g/mol. The third-order valence-corrected chi connectivity index (χ3v) is 6.39. The molecule has 148 valence electrons. The number of rotatable bonds is 3. The van der Waals surface area contributed by atoms with Crippen LogP contribution in [0.15, 0.2) is 47.2 Å². The highest BCUT2D eigenvalue weighted by Crippen LogP contribution is 2.54. The van der Waals surface area contributed by atoms with Crippen molar-refractivity contribution in [1.82, 2.24) is 4.90 Å². The van der Waals surface area contributed by atoms with Crippen LogP contribution in [0.3, 0.4) is 0 Å². The van der Waals surface area contributed by atoms with Gasteiger partial charge in [-0.3, -0.25) is 4.90 Å². The maximum atomic E-state index is 10.1. The van der Waals surface area contributed by atoms with Crippen molar-refractivity contribution in [3.63, 3.8) is 0 Å². The Kier molecular flexibility index (Phi) is 5.52. The molecule has 5 nitrogen and oxygen atoms in total. The Hall–Kier alpha value is -3.07. The van der Waals surface area contributed by atoms with E-state index >= 15 is 0 Å². The van der Waals surface area contributed by atoms with E-state index in [9.17, 15) is 15.8 Å². The molecule has 0 saturated carbocycles. The molecule has 0 amide bonds. The number of benzene rings is 1. The Morgan fingerprint density at radius 1 is 1.07 bits per heavy atom. The second-order valence-electron chi connectivity index (χ2n) is 8.54. The normalized spacial score (nSPS) is 23.8. The zero-order valence-corrected chi connectivity index (χ0v) is 17.5. The Morgan fingerprint density at radius 2 is 1.69 bits per heavy atom. The van der Waals surface area contributed by atoms with Gasteiger partial charge >= 0.3 is 0 Å². The molecule has 0 radical (unpaired) electrons. The van der Waals surface area contributed by atoms with E-state index in [0.29, 0.717) is 24.1 Å². The van der Waals surface area contributed by atoms with Gasteiger partial charge in [-0.1, -0.05) is 44.2 Å². The van der Waals surface area contributed by atoms with Crippen LogP contribution in [-0.4, -0.2) is 24.0 Å². The summed E-state index contributed by atoms with van der Waals surface area (Å²) in [5, 5.41) is 30.1. The molecule has 2 N–H and O–H groups in total. The lowest BCUT2D eigenvalue weighted by atomic mass is 9.58. The molecule has 29 heavy (non-hydrogen) atoms. The lowest BCUT2D eigenvalue weighted by Crippen LogP contribution is -2.49. The number of fused-ring (bicyclic) bond motifs is 1. The number of nitrogens with zero attached hydrogens (tertiary/aromatic N) is 4. The van der Waals surface area contributed by atoms with Crippen molar-refractivity contribution in [3.05, 3.63) is 58.3 Å². The van der Waals surface area contributed by atoms with Crippen LogP contribution < -0.4 is 5.73 Å². The van der Waals surface area contributed by atoms with Gasteiger partial charge in [0.05, 0.1) is 23.4 Å². The third kappa shape index (κ3) is 3.21. The maximum absolute atomic E-state index is 10.1. The minimum absolute atomic E-state index is 0.0865. The Balaban J connectivity index is 2.25. The smallest absolute Gasteiger partial charge is 0.191 e. The van der Waals surface area contributed by atoms with Gasteiger partial charge in [0, 0.05) is 31.0 Å². The first-order valence-corrected chi connectivity index (χ1v) is 10.1. The van der Waals surface area contributed by atoms with Gasteiger partial charge < -0.3 is 5.73 Å². The number of allylic oxidation sites excluding steroid dienone is 2. The van der Waals surface area contributed by atoms with Crippen LogP contribution in [-0.2, 0) is 0 Å². The van der Waals surface area contributed by atoms with Gasteiger partial charge in [-0.2, -0.15) is 15.8 Å². The molecule has 1 aliphatic heterocycles. The Labute approximate surface area is 173 Å². The fourth-order valence-corrected chi connectivity index (χ4v) is 4.59. The highest BCUT2D eigenvalue weighted by Gasteiger charge is 2.54. The van der Waals surface area contributed by atoms with Gasteiger partial charge in [-0.25, -0.2) is 0 Å². The van der Waals surface area contributed by atoms with E-state index < -0.39 is 11.3 Å². The number of hydrogen-bond donors (Lipinski definition) is 1. The lowest BCUT2D eigenvalue weighted by molar-refractivity contribution is 0.174. The summed E-state index contributed by atoms with van der Waals surface area (Å²) in [7, 11) is 0. The summed E-state index contributed by atoms with van der Waals surface area (Å²) in [6.07, 6.45) is 2.05. The minimum Gasteiger partial charge on any atom is -0.399 e. The molecule has 2 aliphatic rings. The molecule has 0 spiro atoms. The third-order valence-electron chi connectivity index (χ3n) is 6.39. The molecule has 0 saturated heterocycles. The van der Waals surface area contributed by atoms with Gasteiger partial charge in [0.1, 0.15) is 6.07 Å². The fourth-order valence-electron chi connectivity index (χ4n) is 4.59. The predicted octanol–water partition coefficient (Wildman–Crippen LogP) is 3.94. The summed E-state index contributed by atoms with van der Waals surface area (Å²) in [6.45, 7) is 9.94. The lowest BCUT2D eigenvalue weighted by Gasteiger charge is -2.46. The van der Waals surface area contributed by atoms with Crippen molar-refractivity contribution >= 4 is 0 Å². The van der Waals surface area contributed by atoms with E-state index in [1.807, 2.05) is 18.2 Å². The zero-order chi connectivity index (χ0) is 21.3. The molecule has 2 atom stereocenters. The van der Waals surface area contributed by atoms with E-state index in [-0.39, 0.29) is 11.6 Å². The van der Waals surface area contributed by atoms with Crippen molar-refractivity contribution in [1.29, 1.82) is 15.8 Å². The van der Waals surface area contributed by atoms with Gasteiger partial charge in [-0.05, 0) is 36.5 Å². The summed E-state index contributed by atoms with van der Waals surface area (Å²) < 4.78 is 0. The van der Waals surface area contributed by atoms with Crippen LogP contribution in [0.25, 0.3) is 0 Å². The molecule has 1 aliphatic carbocycles. The molecule has 1 aromatic carbocycles. The monoisotopic (exact) mass is 385 g/mol. The predicted molar refractivity (Wildman–Crippen MR) is 112 cm³/mol. The van der Waals surface area contributed by atoms with E-state index in [1.165, 1.54) is 5.56 Å². The number of nitriles is 3. The van der Waals surface area contributed by atoms with Crippen molar-refractivity contribution in [2.75, 3.05) is 13.1 Å². The zero-order valence-electron chi connectivity index (χ0n) is 17.5. The molecule has 5 heteroatoms. The summed E-state index contributed by atoms with van der Waals surface area (Å²) in [5.74, 6) is -0.176. The average molecular weight is 386 g/mol. The standard InChI is InChI=1S/C24H27N5/c1-15(2)17-5-7-18(8-6-17)22-21-12-29(16(3)4)10-9-19(21)20(11-25)23(28)24(22,13-26)14-27/h5-9,15-16,21-22H,10,12,28H2,1-4H3/t21-,22+/m1/s1. The van der Waals surface area contributed by atoms with E-state index in [0.717, 1.165) is 17.7 Å². The van der Waals surface area contributed by atoms with Gasteiger partial charge in [-0.15, -0.1) is 0 Å². The molecule has 1 aromatic rings. The fraction of sp³-hybridized carbons (Fsp3) is 0.458. The highest BCUT2D eigenvalue weighted by molar-refractivity contribution is 5.59. The largest absolute Gasteiger partial charge is 0.399 e. The van der Waals surface area contributed by atoms with Crippen molar-refractivity contribution in [3.8, 4) is 18.2 Å². The van der Waals surface area contributed by atoms with Crippen molar-refractivity contribution in [2.45, 2.75) is 45.6 Å². The van der Waals surface area contributed by atoms with Crippen LogP contribution in [0.4, 0.5) is 0 Å². The molecule has 0 aromatic heterocycles. The average Bonchev–Trinajstić information content (AvgIpc) is 2.72. The van der Waals surface area contributed by atoms with Gasteiger partial charge in [0.15, 0.2) is 5.41 Å². The Bertz CT molecular complexity index is 962. The topological polar surface area (TPSA) is 101 Å². The molecule has 0 bridgehead atoms. The van der Waals surface area contributed by atoms with E-state index in [2.05, 4.69) is 62.9 Å². The summed E-state index contributed by atoms with van der Waals surface area (Å²) in [5.41, 5.74) is 8.17. The quantitative estimate of drug-likeness (QED) is 0.849. The van der Waals surface area contributed by atoms with Gasteiger partial charge in [0.25, 0.3) is 0 Å². The van der Waals surface area contributed by atoms with Gasteiger partial charge in [0.2, 0.25) is 0 Å². The first kappa shape index (κ1) is 20.7. The van der Waals surface area contributed by atoms with Crippen LogP contribution in [0, 0.1) is 45.3 Å². The first-order chi connectivity index (χ1) is 13.8. The summed E-state index contributed by atoms with van der Waals surface area (Å²) in [6, 6.07) is 15.1. The van der Waals surface area contributed by atoms with E-state index in [1.54, 1.807) is 0 Å². The van der Waals surface area contributed by atoms with Crippen LogP contribution >= 0.6 is 0 Å². The number of hydrogen-bond acceptors (Lipinski definition) is 5.